The molecule has 0 saturated carbocycles. The Labute approximate surface area is 201 Å². The maximum atomic E-state index is 12.9. The van der Waals surface area contributed by atoms with Crippen LogP contribution in [0.5, 0.6) is 0 Å². The maximum Gasteiger partial charge on any atom is 0.359 e. The molecule has 0 aliphatic carbocycles. The van der Waals surface area contributed by atoms with E-state index in [0.29, 0.717) is 23.0 Å². The summed E-state index contributed by atoms with van der Waals surface area (Å²) in [5, 5.41) is 9.73. The fourth-order valence-electron chi connectivity index (χ4n) is 3.39. The summed E-state index contributed by atoms with van der Waals surface area (Å²) in [5.74, 6) is -2.51. The maximum absolute atomic E-state index is 12.9. The largest absolute Gasteiger partial charge is 0.451 e. The van der Waals surface area contributed by atoms with E-state index in [9.17, 15) is 23.6 Å². The second-order valence-corrected chi connectivity index (χ2v) is 7.89. The predicted molar refractivity (Wildman–Crippen MR) is 128 cm³/mol. The summed E-state index contributed by atoms with van der Waals surface area (Å²) in [6.45, 7) is 1.46. The molecular formula is C25H27FN4O5. The Bertz CT molecular complexity index is 1260. The standard InChI is InChI=1S/C25H27FN4O5/c1-2-3-4-7-14-30-24(33)20-9-6-5-8-19(20)23(29-30)25(34)35-16-22(32)27-15-21(31)28-18-12-10-17(26)11-13-18/h5-6,8-13H,2-4,7,14-16H2,1H3,(H,27,32)(H,28,31). The van der Waals surface area contributed by atoms with Gasteiger partial charge in [0.15, 0.2) is 12.3 Å². The van der Waals surface area contributed by atoms with Crippen molar-refractivity contribution in [1.29, 1.82) is 0 Å². The molecule has 2 amide bonds. The van der Waals surface area contributed by atoms with Gasteiger partial charge in [-0.2, -0.15) is 5.10 Å². The zero-order valence-electron chi connectivity index (χ0n) is 19.4. The number of aromatic nitrogens is 2. The van der Waals surface area contributed by atoms with E-state index < -0.39 is 30.2 Å². The number of ether oxygens (including phenoxy) is 1. The van der Waals surface area contributed by atoms with Crippen molar-refractivity contribution in [3.63, 3.8) is 0 Å². The van der Waals surface area contributed by atoms with E-state index in [4.69, 9.17) is 4.74 Å². The Hall–Kier alpha value is -4.08. The lowest BCUT2D eigenvalue weighted by molar-refractivity contribution is -0.126. The topological polar surface area (TPSA) is 119 Å². The number of esters is 1. The first-order valence-electron chi connectivity index (χ1n) is 11.4. The summed E-state index contributed by atoms with van der Waals surface area (Å²) in [6, 6.07) is 11.8. The Morgan fingerprint density at radius 2 is 1.69 bits per heavy atom. The molecule has 0 saturated heterocycles. The van der Waals surface area contributed by atoms with Gasteiger partial charge in [-0.05, 0) is 36.8 Å². The molecule has 0 atom stereocenters. The molecule has 3 rings (SSSR count). The number of anilines is 1. The minimum absolute atomic E-state index is 0.0578. The summed E-state index contributed by atoms with van der Waals surface area (Å²) in [6.07, 6.45) is 3.77. The predicted octanol–water partition coefficient (Wildman–Crippen LogP) is 3.03. The normalized spacial score (nSPS) is 10.7. The molecule has 0 aliphatic rings. The van der Waals surface area contributed by atoms with Crippen molar-refractivity contribution in [2.45, 2.75) is 39.2 Å². The second-order valence-electron chi connectivity index (χ2n) is 7.89. The second kappa shape index (κ2) is 12.4. The van der Waals surface area contributed by atoms with Gasteiger partial charge in [-0.25, -0.2) is 13.9 Å². The van der Waals surface area contributed by atoms with Gasteiger partial charge in [0.1, 0.15) is 5.82 Å². The van der Waals surface area contributed by atoms with Crippen molar-refractivity contribution >= 4 is 34.2 Å². The van der Waals surface area contributed by atoms with Gasteiger partial charge >= 0.3 is 5.97 Å². The minimum atomic E-state index is -0.852. The summed E-state index contributed by atoms with van der Waals surface area (Å²) in [4.78, 5) is 49.5. The molecule has 3 aromatic rings. The molecule has 9 nitrogen and oxygen atoms in total. The third-order valence-corrected chi connectivity index (χ3v) is 5.19. The molecule has 35 heavy (non-hydrogen) atoms. The lowest BCUT2D eigenvalue weighted by Gasteiger charge is -2.11. The molecular weight excluding hydrogens is 455 g/mol. The molecule has 2 aromatic carbocycles. The lowest BCUT2D eigenvalue weighted by Crippen LogP contribution is -2.36. The molecule has 0 radical (unpaired) electrons. The van der Waals surface area contributed by atoms with E-state index in [0.717, 1.165) is 25.7 Å². The molecule has 0 aliphatic heterocycles. The van der Waals surface area contributed by atoms with Crippen LogP contribution in [-0.2, 0) is 20.9 Å². The molecule has 184 valence electrons. The first-order valence-corrected chi connectivity index (χ1v) is 11.4. The van der Waals surface area contributed by atoms with Crippen molar-refractivity contribution in [2.24, 2.45) is 0 Å². The zero-order valence-corrected chi connectivity index (χ0v) is 19.4. The van der Waals surface area contributed by atoms with Crippen LogP contribution in [0.2, 0.25) is 0 Å². The molecule has 0 spiro atoms. The Morgan fingerprint density at radius 3 is 2.40 bits per heavy atom. The van der Waals surface area contributed by atoms with Gasteiger partial charge in [-0.3, -0.25) is 14.4 Å². The number of fused-ring (bicyclic) bond motifs is 1. The number of hydrogen-bond donors (Lipinski definition) is 2. The van der Waals surface area contributed by atoms with Crippen molar-refractivity contribution in [3.8, 4) is 0 Å². The van der Waals surface area contributed by atoms with E-state index in [1.54, 1.807) is 24.3 Å². The number of carbonyl (C=O) groups excluding carboxylic acids is 3. The van der Waals surface area contributed by atoms with Crippen LogP contribution in [0, 0.1) is 5.82 Å². The number of benzene rings is 2. The van der Waals surface area contributed by atoms with E-state index in [1.165, 1.54) is 28.9 Å². The molecule has 0 fully saturated rings. The Kier molecular flexibility index (Phi) is 9.05. The number of nitrogens with one attached hydrogen (secondary N) is 2. The van der Waals surface area contributed by atoms with Gasteiger partial charge in [0.2, 0.25) is 5.91 Å². The third kappa shape index (κ3) is 7.20. The summed E-state index contributed by atoms with van der Waals surface area (Å²) < 4.78 is 19.3. The van der Waals surface area contributed by atoms with Gasteiger partial charge < -0.3 is 15.4 Å². The monoisotopic (exact) mass is 482 g/mol. The van der Waals surface area contributed by atoms with Crippen LogP contribution < -0.4 is 16.2 Å². The number of carbonyl (C=O) groups is 3. The van der Waals surface area contributed by atoms with Crippen molar-refractivity contribution in [2.75, 3.05) is 18.5 Å². The van der Waals surface area contributed by atoms with E-state index in [2.05, 4.69) is 22.7 Å². The number of unbranched alkanes of at least 4 members (excludes halogenated alkanes) is 3. The van der Waals surface area contributed by atoms with Gasteiger partial charge in [0, 0.05) is 17.6 Å². The first-order chi connectivity index (χ1) is 16.9. The number of nitrogens with zero attached hydrogens (tertiary/aromatic N) is 2. The number of hydrogen-bond acceptors (Lipinski definition) is 6. The lowest BCUT2D eigenvalue weighted by atomic mass is 10.1. The van der Waals surface area contributed by atoms with Crippen LogP contribution in [0.3, 0.4) is 0 Å². The summed E-state index contributed by atoms with van der Waals surface area (Å²) in [5.41, 5.74) is 0.0240. The Morgan fingerprint density at radius 1 is 0.971 bits per heavy atom. The van der Waals surface area contributed by atoms with Gasteiger partial charge in [0.25, 0.3) is 11.5 Å². The fraction of sp³-hybridized carbons (Fsp3) is 0.320. The van der Waals surface area contributed by atoms with Crippen molar-refractivity contribution in [1.82, 2.24) is 15.1 Å². The molecule has 0 unspecified atom stereocenters. The van der Waals surface area contributed by atoms with Crippen LogP contribution in [0.15, 0.2) is 53.3 Å². The summed E-state index contributed by atoms with van der Waals surface area (Å²) >= 11 is 0. The van der Waals surface area contributed by atoms with Crippen LogP contribution in [0.25, 0.3) is 10.8 Å². The molecule has 2 N–H and O–H groups in total. The minimum Gasteiger partial charge on any atom is -0.451 e. The van der Waals surface area contributed by atoms with E-state index in [-0.39, 0.29) is 17.8 Å². The van der Waals surface area contributed by atoms with Crippen LogP contribution in [0.4, 0.5) is 10.1 Å². The van der Waals surface area contributed by atoms with Crippen LogP contribution in [-0.4, -0.2) is 40.7 Å². The van der Waals surface area contributed by atoms with Gasteiger partial charge in [0.05, 0.1) is 11.9 Å². The van der Waals surface area contributed by atoms with E-state index >= 15 is 0 Å². The average Bonchev–Trinajstić information content (AvgIpc) is 2.86. The summed E-state index contributed by atoms with van der Waals surface area (Å²) in [7, 11) is 0. The Balaban J connectivity index is 1.59. The van der Waals surface area contributed by atoms with Crippen LogP contribution >= 0.6 is 0 Å². The molecule has 10 heteroatoms. The third-order valence-electron chi connectivity index (χ3n) is 5.19. The number of amides is 2. The number of aryl methyl sites for hydroxylation is 1. The highest BCUT2D eigenvalue weighted by atomic mass is 19.1. The van der Waals surface area contributed by atoms with E-state index in [1.807, 2.05) is 0 Å². The van der Waals surface area contributed by atoms with Crippen molar-refractivity contribution < 1.29 is 23.5 Å². The van der Waals surface area contributed by atoms with Gasteiger partial charge in [-0.1, -0.05) is 44.4 Å². The number of rotatable bonds is 11. The molecule has 0 bridgehead atoms. The average molecular weight is 483 g/mol. The zero-order chi connectivity index (χ0) is 25.2. The molecule has 1 aromatic heterocycles. The quantitative estimate of drug-likeness (QED) is 0.320. The van der Waals surface area contributed by atoms with Crippen LogP contribution in [0.1, 0.15) is 43.1 Å². The highest BCUT2D eigenvalue weighted by Gasteiger charge is 2.19. The fourth-order valence-corrected chi connectivity index (χ4v) is 3.39. The molecule has 1 heterocycles. The van der Waals surface area contributed by atoms with Gasteiger partial charge in [-0.15, -0.1) is 0 Å². The highest BCUT2D eigenvalue weighted by Crippen LogP contribution is 2.15. The number of halogens is 1. The smallest absolute Gasteiger partial charge is 0.359 e. The first kappa shape index (κ1) is 25.5. The highest BCUT2D eigenvalue weighted by molar-refractivity contribution is 6.02. The SMILES string of the molecule is CCCCCCn1nc(C(=O)OCC(=O)NCC(=O)Nc2ccc(F)cc2)c2ccccc2c1=O. The van der Waals surface area contributed by atoms with Crippen molar-refractivity contribution in [3.05, 3.63) is 70.4 Å².